The molecule has 6 heteroatoms. The highest BCUT2D eigenvalue weighted by Gasteiger charge is 2.11. The lowest BCUT2D eigenvalue weighted by Gasteiger charge is -2.17. The van der Waals surface area contributed by atoms with Crippen LogP contribution in [-0.4, -0.2) is 21.9 Å². The van der Waals surface area contributed by atoms with Crippen molar-refractivity contribution >= 4 is 11.4 Å². The van der Waals surface area contributed by atoms with E-state index in [2.05, 4.69) is 4.98 Å². The molecule has 0 aliphatic heterocycles. The molecule has 0 radical (unpaired) electrons. The predicted molar refractivity (Wildman–Crippen MR) is 76.9 cm³/mol. The number of rotatable bonds is 5. The van der Waals surface area contributed by atoms with E-state index in [1.54, 1.807) is 12.3 Å². The Morgan fingerprint density at radius 2 is 2.10 bits per heavy atom. The molecular formula is C14H16N4O2. The van der Waals surface area contributed by atoms with E-state index >= 15 is 0 Å². The Morgan fingerprint density at radius 1 is 1.30 bits per heavy atom. The Kier molecular flexibility index (Phi) is 4.27. The standard InChI is InChI=1S/C14H16N4O2/c1-17(10-12-4-2-3-7-16-12)9-11-8-13(18(19)20)5-6-14(11)15/h2-8H,9-10,15H2,1H3. The van der Waals surface area contributed by atoms with Gasteiger partial charge in [-0.15, -0.1) is 0 Å². The van der Waals surface area contributed by atoms with Crippen LogP contribution in [0.15, 0.2) is 42.6 Å². The van der Waals surface area contributed by atoms with Gasteiger partial charge in [-0.25, -0.2) is 0 Å². The van der Waals surface area contributed by atoms with Crippen LogP contribution in [0.5, 0.6) is 0 Å². The molecule has 104 valence electrons. The van der Waals surface area contributed by atoms with Gasteiger partial charge in [0, 0.05) is 37.1 Å². The molecule has 1 heterocycles. The SMILES string of the molecule is CN(Cc1ccccn1)Cc1cc([N+](=O)[O-])ccc1N. The smallest absolute Gasteiger partial charge is 0.269 e. The van der Waals surface area contributed by atoms with Crippen LogP contribution in [0.25, 0.3) is 0 Å². The Hall–Kier alpha value is -2.47. The molecule has 0 fully saturated rings. The quantitative estimate of drug-likeness (QED) is 0.512. The number of pyridine rings is 1. The highest BCUT2D eigenvalue weighted by atomic mass is 16.6. The number of nitrogens with two attached hydrogens (primary N) is 1. The third-order valence-electron chi connectivity index (χ3n) is 2.94. The van der Waals surface area contributed by atoms with Gasteiger partial charge in [-0.2, -0.15) is 0 Å². The van der Waals surface area contributed by atoms with Crippen molar-refractivity contribution in [3.05, 3.63) is 64.0 Å². The van der Waals surface area contributed by atoms with Crippen molar-refractivity contribution in [3.8, 4) is 0 Å². The molecule has 0 amide bonds. The Bertz CT molecular complexity index is 601. The van der Waals surface area contributed by atoms with Crippen LogP contribution in [0, 0.1) is 10.1 Å². The number of aromatic nitrogens is 1. The number of non-ortho nitro benzene ring substituents is 1. The summed E-state index contributed by atoms with van der Waals surface area (Å²) in [5.41, 5.74) is 8.17. The van der Waals surface area contributed by atoms with Gasteiger partial charge in [-0.05, 0) is 30.8 Å². The maximum Gasteiger partial charge on any atom is 0.269 e. The van der Waals surface area contributed by atoms with Crippen LogP contribution in [0.3, 0.4) is 0 Å². The van der Waals surface area contributed by atoms with Gasteiger partial charge in [-0.1, -0.05) is 6.07 Å². The van der Waals surface area contributed by atoms with Crippen molar-refractivity contribution < 1.29 is 4.92 Å². The molecule has 0 aliphatic rings. The normalized spacial score (nSPS) is 10.7. The first-order chi connectivity index (χ1) is 9.56. The Balaban J connectivity index is 2.09. The third-order valence-corrected chi connectivity index (χ3v) is 2.94. The molecule has 1 aromatic carbocycles. The molecule has 20 heavy (non-hydrogen) atoms. The molecule has 0 aliphatic carbocycles. The average Bonchev–Trinajstić information content (AvgIpc) is 2.42. The van der Waals surface area contributed by atoms with E-state index in [0.29, 0.717) is 18.8 Å². The number of benzene rings is 1. The fourth-order valence-corrected chi connectivity index (χ4v) is 1.96. The minimum Gasteiger partial charge on any atom is -0.398 e. The maximum absolute atomic E-state index is 10.8. The summed E-state index contributed by atoms with van der Waals surface area (Å²) in [4.78, 5) is 16.6. The average molecular weight is 272 g/mol. The highest BCUT2D eigenvalue weighted by Crippen LogP contribution is 2.21. The van der Waals surface area contributed by atoms with Crippen molar-refractivity contribution in [2.75, 3.05) is 12.8 Å². The van der Waals surface area contributed by atoms with Gasteiger partial charge in [0.05, 0.1) is 10.6 Å². The van der Waals surface area contributed by atoms with E-state index in [1.165, 1.54) is 12.1 Å². The van der Waals surface area contributed by atoms with Crippen LogP contribution in [0.2, 0.25) is 0 Å². The largest absolute Gasteiger partial charge is 0.398 e. The summed E-state index contributed by atoms with van der Waals surface area (Å²) >= 11 is 0. The fourth-order valence-electron chi connectivity index (χ4n) is 1.96. The summed E-state index contributed by atoms with van der Waals surface area (Å²) in [5, 5.41) is 10.8. The van der Waals surface area contributed by atoms with Gasteiger partial charge in [0.2, 0.25) is 0 Å². The summed E-state index contributed by atoms with van der Waals surface area (Å²) in [6.45, 7) is 1.19. The van der Waals surface area contributed by atoms with Crippen LogP contribution >= 0.6 is 0 Å². The van der Waals surface area contributed by atoms with E-state index < -0.39 is 4.92 Å². The predicted octanol–water partition coefficient (Wildman–Crippen LogP) is 2.20. The highest BCUT2D eigenvalue weighted by molar-refractivity contribution is 5.52. The lowest BCUT2D eigenvalue weighted by atomic mass is 10.1. The second-order valence-electron chi connectivity index (χ2n) is 4.63. The molecule has 0 saturated heterocycles. The van der Waals surface area contributed by atoms with Gasteiger partial charge in [0.25, 0.3) is 5.69 Å². The van der Waals surface area contributed by atoms with Crippen molar-refractivity contribution in [2.24, 2.45) is 0 Å². The van der Waals surface area contributed by atoms with Crippen LogP contribution < -0.4 is 5.73 Å². The molecule has 2 N–H and O–H groups in total. The van der Waals surface area contributed by atoms with E-state index in [9.17, 15) is 10.1 Å². The zero-order chi connectivity index (χ0) is 14.5. The number of nitro groups is 1. The zero-order valence-electron chi connectivity index (χ0n) is 11.2. The lowest BCUT2D eigenvalue weighted by Crippen LogP contribution is -2.18. The summed E-state index contributed by atoms with van der Waals surface area (Å²) in [7, 11) is 1.92. The van der Waals surface area contributed by atoms with Crippen molar-refractivity contribution in [2.45, 2.75) is 13.1 Å². The van der Waals surface area contributed by atoms with E-state index in [-0.39, 0.29) is 5.69 Å². The first-order valence-corrected chi connectivity index (χ1v) is 6.17. The van der Waals surface area contributed by atoms with Gasteiger partial charge in [0.15, 0.2) is 0 Å². The molecule has 0 unspecified atom stereocenters. The summed E-state index contributed by atoms with van der Waals surface area (Å²) in [5.74, 6) is 0. The molecule has 2 aromatic rings. The van der Waals surface area contributed by atoms with Gasteiger partial charge in [-0.3, -0.25) is 20.0 Å². The topological polar surface area (TPSA) is 85.3 Å². The molecule has 1 aromatic heterocycles. The molecule has 2 rings (SSSR count). The Morgan fingerprint density at radius 3 is 2.75 bits per heavy atom. The zero-order valence-corrected chi connectivity index (χ0v) is 11.2. The van der Waals surface area contributed by atoms with Gasteiger partial charge >= 0.3 is 0 Å². The summed E-state index contributed by atoms with van der Waals surface area (Å²) in [6, 6.07) is 10.2. The second kappa shape index (κ2) is 6.12. The molecule has 0 spiro atoms. The third kappa shape index (κ3) is 3.52. The number of hydrogen-bond acceptors (Lipinski definition) is 5. The van der Waals surface area contributed by atoms with Crippen LogP contribution in [0.4, 0.5) is 11.4 Å². The van der Waals surface area contributed by atoms with Gasteiger partial charge < -0.3 is 5.73 Å². The molecule has 6 nitrogen and oxygen atoms in total. The number of nitrogens with zero attached hydrogens (tertiary/aromatic N) is 3. The molecule has 0 bridgehead atoms. The number of nitrogen functional groups attached to an aromatic ring is 1. The second-order valence-corrected chi connectivity index (χ2v) is 4.63. The van der Waals surface area contributed by atoms with E-state index in [0.717, 1.165) is 11.3 Å². The lowest BCUT2D eigenvalue weighted by molar-refractivity contribution is -0.384. The van der Waals surface area contributed by atoms with E-state index in [4.69, 9.17) is 5.73 Å². The van der Waals surface area contributed by atoms with Crippen LogP contribution in [0.1, 0.15) is 11.3 Å². The molecular weight excluding hydrogens is 256 g/mol. The Labute approximate surface area is 117 Å². The fraction of sp³-hybridized carbons (Fsp3) is 0.214. The minimum absolute atomic E-state index is 0.0560. The monoisotopic (exact) mass is 272 g/mol. The number of hydrogen-bond donors (Lipinski definition) is 1. The first kappa shape index (κ1) is 14.0. The van der Waals surface area contributed by atoms with Crippen molar-refractivity contribution in [1.29, 1.82) is 0 Å². The van der Waals surface area contributed by atoms with Crippen LogP contribution in [-0.2, 0) is 13.1 Å². The number of anilines is 1. The van der Waals surface area contributed by atoms with Gasteiger partial charge in [0.1, 0.15) is 0 Å². The number of nitro benzene ring substituents is 1. The first-order valence-electron chi connectivity index (χ1n) is 6.17. The molecule has 0 saturated carbocycles. The minimum atomic E-state index is -0.415. The summed E-state index contributed by atoms with van der Waals surface area (Å²) < 4.78 is 0. The maximum atomic E-state index is 10.8. The van der Waals surface area contributed by atoms with E-state index in [1.807, 2.05) is 30.1 Å². The van der Waals surface area contributed by atoms with Crippen molar-refractivity contribution in [3.63, 3.8) is 0 Å². The summed E-state index contributed by atoms with van der Waals surface area (Å²) in [6.07, 6.45) is 1.74. The van der Waals surface area contributed by atoms with Crippen molar-refractivity contribution in [1.82, 2.24) is 9.88 Å². The molecule has 0 atom stereocenters.